The van der Waals surface area contributed by atoms with Crippen molar-refractivity contribution < 1.29 is 8.42 Å². The van der Waals surface area contributed by atoms with Crippen LogP contribution in [0, 0.1) is 5.92 Å². The molecule has 118 valence electrons. The maximum Gasteiger partial charge on any atom is 0.150 e. The first-order valence-electron chi connectivity index (χ1n) is 7.14. The fourth-order valence-electron chi connectivity index (χ4n) is 3.25. The van der Waals surface area contributed by atoms with E-state index in [9.17, 15) is 8.42 Å². The number of hydrogen-bond donors (Lipinski definition) is 1. The van der Waals surface area contributed by atoms with E-state index < -0.39 is 9.84 Å². The van der Waals surface area contributed by atoms with Gasteiger partial charge in [0.2, 0.25) is 0 Å². The van der Waals surface area contributed by atoms with E-state index in [-0.39, 0.29) is 11.3 Å². The quantitative estimate of drug-likeness (QED) is 0.840. The Hall–Kier alpha value is -0.100. The van der Waals surface area contributed by atoms with E-state index in [2.05, 4.69) is 21.2 Å². The summed E-state index contributed by atoms with van der Waals surface area (Å²) in [7, 11) is -1.04. The van der Waals surface area contributed by atoms with Gasteiger partial charge >= 0.3 is 0 Å². The van der Waals surface area contributed by atoms with Crippen LogP contribution in [-0.4, -0.2) is 27.0 Å². The summed E-state index contributed by atoms with van der Waals surface area (Å²) in [6, 6.07) is 6.08. The Bertz CT molecular complexity index is 606. The molecule has 1 N–H and O–H groups in total. The SMILES string of the molecule is CNC(c1ccc(Br)c(Cl)c1)C1CCCC(S(C)(=O)=O)C1. The third-order valence-corrected chi connectivity index (χ3v) is 7.23. The van der Waals surface area contributed by atoms with Gasteiger partial charge in [0.1, 0.15) is 9.84 Å². The molecular formula is C15H21BrClNO2S. The summed E-state index contributed by atoms with van der Waals surface area (Å²) >= 11 is 9.58. The van der Waals surface area contributed by atoms with Crippen molar-refractivity contribution in [3.8, 4) is 0 Å². The molecule has 0 spiro atoms. The summed E-state index contributed by atoms with van der Waals surface area (Å²) in [5.74, 6) is 0.320. The van der Waals surface area contributed by atoms with E-state index in [0.29, 0.717) is 10.9 Å². The van der Waals surface area contributed by atoms with Crippen LogP contribution in [0.4, 0.5) is 0 Å². The van der Waals surface area contributed by atoms with Gasteiger partial charge in [0.15, 0.2) is 0 Å². The van der Waals surface area contributed by atoms with Gasteiger partial charge in [-0.1, -0.05) is 24.1 Å². The summed E-state index contributed by atoms with van der Waals surface area (Å²) in [6.07, 6.45) is 4.87. The van der Waals surface area contributed by atoms with Gasteiger partial charge in [0.25, 0.3) is 0 Å². The minimum absolute atomic E-state index is 0.139. The summed E-state index contributed by atoms with van der Waals surface area (Å²) < 4.78 is 24.5. The van der Waals surface area contributed by atoms with Crippen molar-refractivity contribution in [3.63, 3.8) is 0 Å². The van der Waals surface area contributed by atoms with Crippen LogP contribution in [0.3, 0.4) is 0 Å². The summed E-state index contributed by atoms with van der Waals surface area (Å²) in [6.45, 7) is 0. The molecule has 1 aliphatic rings. The van der Waals surface area contributed by atoms with Gasteiger partial charge in [0, 0.05) is 16.8 Å². The second-order valence-electron chi connectivity index (χ2n) is 5.82. The lowest BCUT2D eigenvalue weighted by atomic mass is 9.81. The van der Waals surface area contributed by atoms with Gasteiger partial charge in [-0.3, -0.25) is 0 Å². The largest absolute Gasteiger partial charge is 0.313 e. The number of rotatable bonds is 4. The van der Waals surface area contributed by atoms with Gasteiger partial charge in [-0.15, -0.1) is 0 Å². The molecule has 21 heavy (non-hydrogen) atoms. The third-order valence-electron chi connectivity index (χ3n) is 4.36. The van der Waals surface area contributed by atoms with Crippen LogP contribution in [-0.2, 0) is 9.84 Å². The number of sulfone groups is 1. The molecule has 3 unspecified atom stereocenters. The van der Waals surface area contributed by atoms with Gasteiger partial charge in [-0.25, -0.2) is 8.42 Å². The van der Waals surface area contributed by atoms with Crippen molar-refractivity contribution in [2.45, 2.75) is 37.0 Å². The Morgan fingerprint density at radius 3 is 2.67 bits per heavy atom. The van der Waals surface area contributed by atoms with Crippen molar-refractivity contribution >= 4 is 37.4 Å². The lowest BCUT2D eigenvalue weighted by Gasteiger charge is -2.34. The molecule has 0 aromatic heterocycles. The van der Waals surface area contributed by atoms with E-state index in [1.807, 2.05) is 25.2 Å². The molecule has 1 aromatic rings. The number of nitrogens with one attached hydrogen (secondary N) is 1. The number of hydrogen-bond acceptors (Lipinski definition) is 3. The molecule has 1 fully saturated rings. The monoisotopic (exact) mass is 393 g/mol. The highest BCUT2D eigenvalue weighted by Crippen LogP contribution is 2.38. The van der Waals surface area contributed by atoms with E-state index >= 15 is 0 Å². The standard InChI is InChI=1S/C15H21BrClNO2S/c1-18-15(11-6-7-13(16)14(17)9-11)10-4-3-5-12(8-10)21(2,19)20/h6-7,9-10,12,15,18H,3-5,8H2,1-2H3. The average Bonchev–Trinajstić information content (AvgIpc) is 2.43. The normalized spacial score (nSPS) is 24.8. The minimum atomic E-state index is -2.96. The molecule has 0 amide bonds. The molecule has 1 aromatic carbocycles. The fourth-order valence-corrected chi connectivity index (χ4v) is 4.88. The fraction of sp³-hybridized carbons (Fsp3) is 0.600. The first-order chi connectivity index (χ1) is 9.82. The highest BCUT2D eigenvalue weighted by atomic mass is 79.9. The van der Waals surface area contributed by atoms with Crippen LogP contribution in [0.2, 0.25) is 5.02 Å². The first-order valence-corrected chi connectivity index (χ1v) is 10.3. The summed E-state index contributed by atoms with van der Waals surface area (Å²) in [4.78, 5) is 0. The van der Waals surface area contributed by atoms with E-state index in [1.54, 1.807) is 0 Å². The topological polar surface area (TPSA) is 46.2 Å². The lowest BCUT2D eigenvalue weighted by Crippen LogP contribution is -2.34. The second kappa shape index (κ2) is 6.99. The molecule has 3 nitrogen and oxygen atoms in total. The molecular weight excluding hydrogens is 374 g/mol. The predicted octanol–water partition coefficient (Wildman–Crippen LogP) is 3.97. The molecule has 2 rings (SSSR count). The third kappa shape index (κ3) is 4.21. The van der Waals surface area contributed by atoms with Gasteiger partial charge in [-0.2, -0.15) is 0 Å². The zero-order valence-electron chi connectivity index (χ0n) is 12.3. The van der Waals surface area contributed by atoms with Gasteiger partial charge < -0.3 is 5.32 Å². The summed E-state index contributed by atoms with van der Waals surface area (Å²) in [5.41, 5.74) is 1.12. The Morgan fingerprint density at radius 2 is 2.10 bits per heavy atom. The van der Waals surface area contributed by atoms with E-state index in [1.165, 1.54) is 6.26 Å². The van der Waals surface area contributed by atoms with Crippen LogP contribution in [0.15, 0.2) is 22.7 Å². The molecule has 0 heterocycles. The molecule has 3 atom stereocenters. The average molecular weight is 395 g/mol. The Kier molecular flexibility index (Phi) is 5.74. The first kappa shape index (κ1) is 17.3. The molecule has 0 aliphatic heterocycles. The molecule has 1 saturated carbocycles. The molecule has 0 saturated heterocycles. The Balaban J connectivity index is 2.22. The Labute approximate surface area is 140 Å². The van der Waals surface area contributed by atoms with Crippen molar-refractivity contribution in [3.05, 3.63) is 33.3 Å². The highest BCUT2D eigenvalue weighted by Gasteiger charge is 2.33. The van der Waals surface area contributed by atoms with Crippen LogP contribution >= 0.6 is 27.5 Å². The van der Waals surface area contributed by atoms with Crippen LogP contribution < -0.4 is 5.32 Å². The highest BCUT2D eigenvalue weighted by molar-refractivity contribution is 9.10. The maximum absolute atomic E-state index is 11.8. The van der Waals surface area contributed by atoms with Crippen molar-refractivity contribution in [2.75, 3.05) is 13.3 Å². The zero-order valence-corrected chi connectivity index (χ0v) is 15.4. The molecule has 6 heteroatoms. The molecule has 1 aliphatic carbocycles. The maximum atomic E-state index is 11.8. The van der Waals surface area contributed by atoms with Crippen LogP contribution in [0.25, 0.3) is 0 Å². The lowest BCUT2D eigenvalue weighted by molar-refractivity contribution is 0.282. The smallest absolute Gasteiger partial charge is 0.150 e. The van der Waals surface area contributed by atoms with Crippen LogP contribution in [0.5, 0.6) is 0 Å². The Morgan fingerprint density at radius 1 is 1.38 bits per heavy atom. The van der Waals surface area contributed by atoms with Gasteiger partial charge in [0.05, 0.1) is 10.3 Å². The molecule has 0 radical (unpaired) electrons. The number of benzene rings is 1. The van der Waals surface area contributed by atoms with Crippen LogP contribution in [0.1, 0.15) is 37.3 Å². The van der Waals surface area contributed by atoms with E-state index in [0.717, 1.165) is 35.7 Å². The predicted molar refractivity (Wildman–Crippen MR) is 91.5 cm³/mol. The van der Waals surface area contributed by atoms with Crippen molar-refractivity contribution in [1.29, 1.82) is 0 Å². The summed E-state index contributed by atoms with van der Waals surface area (Å²) in [5, 5.41) is 3.81. The second-order valence-corrected chi connectivity index (χ2v) is 9.41. The minimum Gasteiger partial charge on any atom is -0.313 e. The van der Waals surface area contributed by atoms with Crippen molar-refractivity contribution in [1.82, 2.24) is 5.32 Å². The molecule has 0 bridgehead atoms. The number of halogens is 2. The zero-order chi connectivity index (χ0) is 15.6. The van der Waals surface area contributed by atoms with Gasteiger partial charge in [-0.05, 0) is 65.9 Å². The van der Waals surface area contributed by atoms with E-state index in [4.69, 9.17) is 11.6 Å². The van der Waals surface area contributed by atoms with Crippen molar-refractivity contribution in [2.24, 2.45) is 5.92 Å².